The topological polar surface area (TPSA) is 48.4 Å². The summed E-state index contributed by atoms with van der Waals surface area (Å²) in [5.74, 6) is 0.524. The molecule has 0 aliphatic heterocycles. The number of carbonyl (C=O) groups excluding carboxylic acids is 1. The van der Waals surface area contributed by atoms with Gasteiger partial charge in [-0.25, -0.2) is 0 Å². The third kappa shape index (κ3) is 4.10. The van der Waals surface area contributed by atoms with E-state index in [9.17, 15) is 4.79 Å². The van der Waals surface area contributed by atoms with Gasteiger partial charge >= 0.3 is 5.97 Å². The number of methoxy groups -OCH3 is 1. The molecule has 2 aromatic rings. The molecular weight excluding hydrogens is 242 g/mol. The normalized spacial score (nSPS) is 9.95. The van der Waals surface area contributed by atoms with E-state index in [1.807, 2.05) is 36.4 Å². The summed E-state index contributed by atoms with van der Waals surface area (Å²) in [7, 11) is 1.38. The zero-order chi connectivity index (χ0) is 13.5. The second-order valence-corrected chi connectivity index (χ2v) is 4.04. The van der Waals surface area contributed by atoms with E-state index < -0.39 is 0 Å². The third-order valence-corrected chi connectivity index (χ3v) is 2.65. The average molecular weight is 257 g/mol. The van der Waals surface area contributed by atoms with Crippen molar-refractivity contribution in [1.82, 2.24) is 4.98 Å². The summed E-state index contributed by atoms with van der Waals surface area (Å²) < 4.78 is 10.2. The first-order valence-corrected chi connectivity index (χ1v) is 5.95. The van der Waals surface area contributed by atoms with Crippen LogP contribution in [-0.2, 0) is 22.6 Å². The van der Waals surface area contributed by atoms with Gasteiger partial charge in [-0.1, -0.05) is 12.1 Å². The smallest absolute Gasteiger partial charge is 0.309 e. The molecule has 0 fully saturated rings. The van der Waals surface area contributed by atoms with Crippen molar-refractivity contribution in [2.75, 3.05) is 7.11 Å². The van der Waals surface area contributed by atoms with Crippen molar-refractivity contribution in [3.8, 4) is 5.75 Å². The molecular formula is C15H15NO3. The van der Waals surface area contributed by atoms with Crippen molar-refractivity contribution < 1.29 is 14.3 Å². The molecule has 1 aromatic heterocycles. The van der Waals surface area contributed by atoms with E-state index in [-0.39, 0.29) is 12.4 Å². The maximum absolute atomic E-state index is 11.1. The van der Waals surface area contributed by atoms with Gasteiger partial charge in [0.15, 0.2) is 0 Å². The largest absolute Gasteiger partial charge is 0.489 e. The summed E-state index contributed by atoms with van der Waals surface area (Å²) in [5.41, 5.74) is 1.97. The summed E-state index contributed by atoms with van der Waals surface area (Å²) in [6.45, 7) is 0.499. The molecule has 2 rings (SSSR count). The number of hydrogen-bond acceptors (Lipinski definition) is 4. The van der Waals surface area contributed by atoms with Gasteiger partial charge in [0.1, 0.15) is 12.4 Å². The van der Waals surface area contributed by atoms with Gasteiger partial charge in [0.25, 0.3) is 0 Å². The molecule has 0 aliphatic carbocycles. The number of carbonyl (C=O) groups is 1. The zero-order valence-electron chi connectivity index (χ0n) is 10.7. The minimum absolute atomic E-state index is 0.245. The SMILES string of the molecule is COC(=O)Cc1ccc(OCc2ccncc2)cc1. The van der Waals surface area contributed by atoms with Gasteiger partial charge in [0.05, 0.1) is 13.5 Å². The standard InChI is InChI=1S/C15H15NO3/c1-18-15(17)10-12-2-4-14(5-3-12)19-11-13-6-8-16-9-7-13/h2-9H,10-11H2,1H3. The van der Waals surface area contributed by atoms with Gasteiger partial charge in [-0.15, -0.1) is 0 Å². The number of benzene rings is 1. The summed E-state index contributed by atoms with van der Waals surface area (Å²) in [6, 6.07) is 11.2. The lowest BCUT2D eigenvalue weighted by Crippen LogP contribution is -2.04. The lowest BCUT2D eigenvalue weighted by molar-refractivity contribution is -0.139. The molecule has 98 valence electrons. The van der Waals surface area contributed by atoms with Crippen molar-refractivity contribution in [2.45, 2.75) is 13.0 Å². The fourth-order valence-electron chi connectivity index (χ4n) is 1.59. The molecule has 0 saturated carbocycles. The molecule has 4 heteroatoms. The lowest BCUT2D eigenvalue weighted by Gasteiger charge is -2.07. The first kappa shape index (κ1) is 13.1. The van der Waals surface area contributed by atoms with Gasteiger partial charge in [-0.2, -0.15) is 0 Å². The monoisotopic (exact) mass is 257 g/mol. The first-order chi connectivity index (χ1) is 9.28. The second kappa shape index (κ2) is 6.54. The van der Waals surface area contributed by atoms with E-state index in [1.54, 1.807) is 12.4 Å². The molecule has 0 amide bonds. The molecule has 1 heterocycles. The average Bonchev–Trinajstić information content (AvgIpc) is 2.47. The van der Waals surface area contributed by atoms with Crippen LogP contribution in [-0.4, -0.2) is 18.1 Å². The van der Waals surface area contributed by atoms with Gasteiger partial charge < -0.3 is 9.47 Å². The highest BCUT2D eigenvalue weighted by Crippen LogP contribution is 2.14. The van der Waals surface area contributed by atoms with Gasteiger partial charge in [0, 0.05) is 12.4 Å². The molecule has 0 radical (unpaired) electrons. The Labute approximate surface area is 112 Å². The highest BCUT2D eigenvalue weighted by Gasteiger charge is 2.03. The maximum Gasteiger partial charge on any atom is 0.309 e. The summed E-state index contributed by atoms with van der Waals surface area (Å²) in [4.78, 5) is 15.1. The minimum atomic E-state index is -0.245. The molecule has 19 heavy (non-hydrogen) atoms. The van der Waals surface area contributed by atoms with Gasteiger partial charge in [-0.05, 0) is 35.4 Å². The van der Waals surface area contributed by atoms with Crippen molar-refractivity contribution in [3.63, 3.8) is 0 Å². The first-order valence-electron chi connectivity index (χ1n) is 5.95. The molecule has 0 spiro atoms. The van der Waals surface area contributed by atoms with Crippen molar-refractivity contribution in [3.05, 3.63) is 59.9 Å². The molecule has 0 saturated heterocycles. The van der Waals surface area contributed by atoms with Crippen LogP contribution in [0.2, 0.25) is 0 Å². The number of nitrogens with zero attached hydrogens (tertiary/aromatic N) is 1. The lowest BCUT2D eigenvalue weighted by atomic mass is 10.1. The Balaban J connectivity index is 1.90. The number of rotatable bonds is 5. The van der Waals surface area contributed by atoms with E-state index in [0.29, 0.717) is 6.61 Å². The number of aromatic nitrogens is 1. The highest BCUT2D eigenvalue weighted by molar-refractivity contribution is 5.72. The van der Waals surface area contributed by atoms with Crippen molar-refractivity contribution in [1.29, 1.82) is 0 Å². The predicted octanol–water partition coefficient (Wildman–Crippen LogP) is 2.38. The number of hydrogen-bond donors (Lipinski definition) is 0. The van der Waals surface area contributed by atoms with E-state index in [4.69, 9.17) is 4.74 Å². The van der Waals surface area contributed by atoms with Crippen LogP contribution in [0.3, 0.4) is 0 Å². The van der Waals surface area contributed by atoms with Crippen LogP contribution >= 0.6 is 0 Å². The van der Waals surface area contributed by atoms with Crippen LogP contribution < -0.4 is 4.74 Å². The third-order valence-electron chi connectivity index (χ3n) is 2.65. The Morgan fingerprint density at radius 2 is 1.74 bits per heavy atom. The molecule has 0 aliphatic rings. The van der Waals surface area contributed by atoms with E-state index >= 15 is 0 Å². The number of ether oxygens (including phenoxy) is 2. The van der Waals surface area contributed by atoms with E-state index in [1.165, 1.54) is 7.11 Å². The Kier molecular flexibility index (Phi) is 4.50. The van der Waals surface area contributed by atoms with Crippen molar-refractivity contribution >= 4 is 5.97 Å². The quantitative estimate of drug-likeness (QED) is 0.772. The molecule has 0 atom stereocenters. The fourth-order valence-corrected chi connectivity index (χ4v) is 1.59. The van der Waals surface area contributed by atoms with Gasteiger partial charge in [0.2, 0.25) is 0 Å². The van der Waals surface area contributed by atoms with Crippen LogP contribution in [0.5, 0.6) is 5.75 Å². The fraction of sp³-hybridized carbons (Fsp3) is 0.200. The minimum Gasteiger partial charge on any atom is -0.489 e. The summed E-state index contributed by atoms with van der Waals surface area (Å²) in [5, 5.41) is 0. The maximum atomic E-state index is 11.1. The predicted molar refractivity (Wildman–Crippen MR) is 70.7 cm³/mol. The molecule has 0 N–H and O–H groups in total. The van der Waals surface area contributed by atoms with E-state index in [2.05, 4.69) is 9.72 Å². The molecule has 0 bridgehead atoms. The van der Waals surface area contributed by atoms with Crippen LogP contribution in [0.1, 0.15) is 11.1 Å². The molecule has 1 aromatic carbocycles. The van der Waals surface area contributed by atoms with Crippen LogP contribution in [0.4, 0.5) is 0 Å². The van der Waals surface area contributed by atoms with Crippen LogP contribution in [0.15, 0.2) is 48.8 Å². The number of pyridine rings is 1. The molecule has 4 nitrogen and oxygen atoms in total. The van der Waals surface area contributed by atoms with E-state index in [0.717, 1.165) is 16.9 Å². The van der Waals surface area contributed by atoms with Gasteiger partial charge in [-0.3, -0.25) is 9.78 Å². The summed E-state index contributed by atoms with van der Waals surface area (Å²) >= 11 is 0. The highest BCUT2D eigenvalue weighted by atomic mass is 16.5. The number of esters is 1. The Bertz CT molecular complexity index is 523. The Hall–Kier alpha value is -2.36. The van der Waals surface area contributed by atoms with Crippen LogP contribution in [0.25, 0.3) is 0 Å². The van der Waals surface area contributed by atoms with Crippen molar-refractivity contribution in [2.24, 2.45) is 0 Å². The Morgan fingerprint density at radius 1 is 1.05 bits per heavy atom. The second-order valence-electron chi connectivity index (χ2n) is 4.04. The summed E-state index contributed by atoms with van der Waals surface area (Å²) in [6.07, 6.45) is 3.75. The van der Waals surface area contributed by atoms with Crippen LogP contribution in [0, 0.1) is 0 Å². The molecule has 0 unspecified atom stereocenters. The zero-order valence-corrected chi connectivity index (χ0v) is 10.7. The Morgan fingerprint density at radius 3 is 2.37 bits per heavy atom.